The Morgan fingerprint density at radius 1 is 1.19 bits per heavy atom. The zero-order chi connectivity index (χ0) is 15.8. The number of hydrogen-bond donors (Lipinski definition) is 0. The van der Waals surface area contributed by atoms with Crippen LogP contribution >= 0.6 is 0 Å². The molecule has 0 saturated heterocycles. The maximum atomic E-state index is 12.5. The summed E-state index contributed by atoms with van der Waals surface area (Å²) in [6.45, 7) is 9.30. The van der Waals surface area contributed by atoms with E-state index in [-0.39, 0.29) is 5.91 Å². The van der Waals surface area contributed by atoms with Gasteiger partial charge >= 0.3 is 0 Å². The lowest BCUT2D eigenvalue weighted by Crippen LogP contribution is -2.31. The van der Waals surface area contributed by atoms with Gasteiger partial charge in [-0.05, 0) is 52.2 Å². The lowest BCUT2D eigenvalue weighted by Gasteiger charge is -2.20. The van der Waals surface area contributed by atoms with E-state index in [1.165, 1.54) is 5.57 Å². The first kappa shape index (κ1) is 17.2. The lowest BCUT2D eigenvalue weighted by atomic mass is 9.97. The molecule has 1 amide bonds. The minimum absolute atomic E-state index is 0.0637. The average Bonchev–Trinajstić information content (AvgIpc) is 2.47. The molecule has 0 bridgehead atoms. The molecule has 0 atom stereocenters. The summed E-state index contributed by atoms with van der Waals surface area (Å²) < 4.78 is 0. The number of carbonyl (C=O) groups is 2. The molecule has 1 aromatic carbocycles. The van der Waals surface area contributed by atoms with Gasteiger partial charge in [0.15, 0.2) is 6.29 Å². The fourth-order valence-corrected chi connectivity index (χ4v) is 2.35. The molecule has 0 N–H and O–H groups in total. The number of hydrogen-bond acceptors (Lipinski definition) is 2. The number of benzene rings is 1. The summed E-state index contributed by atoms with van der Waals surface area (Å²) in [6.07, 6.45) is 4.62. The largest absolute Gasteiger partial charge is 0.339 e. The Labute approximate surface area is 127 Å². The van der Waals surface area contributed by atoms with Gasteiger partial charge in [-0.15, -0.1) is 0 Å². The maximum absolute atomic E-state index is 12.5. The second kappa shape index (κ2) is 8.40. The second-order valence-corrected chi connectivity index (χ2v) is 5.29. The molecule has 0 fully saturated rings. The summed E-state index contributed by atoms with van der Waals surface area (Å²) in [5, 5.41) is 0. The molecule has 0 aliphatic rings. The van der Waals surface area contributed by atoms with Crippen molar-refractivity contribution in [2.24, 2.45) is 0 Å². The normalized spacial score (nSPS) is 10.1. The van der Waals surface area contributed by atoms with E-state index in [2.05, 4.69) is 19.9 Å². The first-order chi connectivity index (χ1) is 10.0. The van der Waals surface area contributed by atoms with E-state index >= 15 is 0 Å². The number of allylic oxidation sites excluding steroid dienone is 2. The van der Waals surface area contributed by atoms with Crippen LogP contribution in [0.1, 0.15) is 60.4 Å². The van der Waals surface area contributed by atoms with E-state index in [4.69, 9.17) is 0 Å². The summed E-state index contributed by atoms with van der Waals surface area (Å²) in [5.74, 6) is -0.0637. The van der Waals surface area contributed by atoms with Crippen molar-refractivity contribution < 1.29 is 9.59 Å². The molecule has 21 heavy (non-hydrogen) atoms. The average molecular weight is 287 g/mol. The van der Waals surface area contributed by atoms with E-state index in [0.717, 1.165) is 24.7 Å². The summed E-state index contributed by atoms with van der Waals surface area (Å²) in [6, 6.07) is 5.54. The van der Waals surface area contributed by atoms with Gasteiger partial charge in [0.25, 0.3) is 5.91 Å². The number of aryl methyl sites for hydroxylation is 1. The molecule has 0 aliphatic carbocycles. The van der Waals surface area contributed by atoms with Crippen molar-refractivity contribution in [2.75, 3.05) is 13.1 Å². The quantitative estimate of drug-likeness (QED) is 0.564. The summed E-state index contributed by atoms with van der Waals surface area (Å²) in [5.41, 5.74) is 3.26. The fourth-order valence-electron chi connectivity index (χ4n) is 2.35. The van der Waals surface area contributed by atoms with Crippen molar-refractivity contribution in [3.8, 4) is 0 Å². The molecule has 3 heteroatoms. The molecule has 0 unspecified atom stereocenters. The highest BCUT2D eigenvalue weighted by molar-refractivity contribution is 6.02. The standard InChI is InChI=1S/C18H25NO2/c1-5-19(6-2)18(21)16-12-8-11-15(17(16)13-20)10-7-9-14(3)4/h8-9,11-13H,5-7,10H2,1-4H3. The lowest BCUT2D eigenvalue weighted by molar-refractivity contribution is 0.0769. The third kappa shape index (κ3) is 4.55. The number of carbonyl (C=O) groups excluding carboxylic acids is 2. The van der Waals surface area contributed by atoms with Crippen molar-refractivity contribution in [2.45, 2.75) is 40.5 Å². The van der Waals surface area contributed by atoms with Crippen LogP contribution in [0.3, 0.4) is 0 Å². The predicted octanol–water partition coefficient (Wildman–Crippen LogP) is 3.88. The van der Waals surface area contributed by atoms with Gasteiger partial charge in [0.2, 0.25) is 0 Å². The van der Waals surface area contributed by atoms with Crippen LogP contribution in [0.5, 0.6) is 0 Å². The van der Waals surface area contributed by atoms with Crippen LogP contribution < -0.4 is 0 Å². The Morgan fingerprint density at radius 3 is 2.38 bits per heavy atom. The van der Waals surface area contributed by atoms with Crippen LogP contribution in [0.2, 0.25) is 0 Å². The molecule has 3 nitrogen and oxygen atoms in total. The predicted molar refractivity (Wildman–Crippen MR) is 86.8 cm³/mol. The van der Waals surface area contributed by atoms with Gasteiger partial charge in [-0.3, -0.25) is 9.59 Å². The second-order valence-electron chi connectivity index (χ2n) is 5.29. The molecule has 0 saturated carbocycles. The number of nitrogens with zero attached hydrogens (tertiary/aromatic N) is 1. The first-order valence-electron chi connectivity index (χ1n) is 7.54. The van der Waals surface area contributed by atoms with Gasteiger partial charge in [0.05, 0.1) is 5.56 Å². The highest BCUT2D eigenvalue weighted by atomic mass is 16.2. The molecular formula is C18H25NO2. The van der Waals surface area contributed by atoms with E-state index in [1.54, 1.807) is 11.0 Å². The topological polar surface area (TPSA) is 37.4 Å². The SMILES string of the molecule is CCN(CC)C(=O)c1cccc(CCC=C(C)C)c1C=O. The van der Waals surface area contributed by atoms with Gasteiger partial charge in [-0.1, -0.05) is 23.8 Å². The van der Waals surface area contributed by atoms with Crippen molar-refractivity contribution in [1.82, 2.24) is 4.90 Å². The Kier molecular flexibility index (Phi) is 6.86. The maximum Gasteiger partial charge on any atom is 0.254 e. The third-order valence-corrected chi connectivity index (χ3v) is 3.56. The molecule has 0 radical (unpaired) electrons. The van der Waals surface area contributed by atoms with Crippen LogP contribution in [0.4, 0.5) is 0 Å². The number of aldehydes is 1. The molecule has 0 spiro atoms. The van der Waals surface area contributed by atoms with Gasteiger partial charge in [0.1, 0.15) is 0 Å². The Morgan fingerprint density at radius 2 is 1.86 bits per heavy atom. The summed E-state index contributed by atoms with van der Waals surface area (Å²) >= 11 is 0. The van der Waals surface area contributed by atoms with E-state index in [0.29, 0.717) is 24.2 Å². The zero-order valence-corrected chi connectivity index (χ0v) is 13.5. The van der Waals surface area contributed by atoms with Crippen molar-refractivity contribution in [3.05, 3.63) is 46.5 Å². The molecule has 1 aromatic rings. The minimum Gasteiger partial charge on any atom is -0.339 e. The van der Waals surface area contributed by atoms with Gasteiger partial charge in [0, 0.05) is 18.7 Å². The van der Waals surface area contributed by atoms with Crippen LogP contribution in [0.25, 0.3) is 0 Å². The van der Waals surface area contributed by atoms with Crippen molar-refractivity contribution in [3.63, 3.8) is 0 Å². The zero-order valence-electron chi connectivity index (χ0n) is 13.5. The van der Waals surface area contributed by atoms with Gasteiger partial charge < -0.3 is 4.90 Å². The fraction of sp³-hybridized carbons (Fsp3) is 0.444. The number of amides is 1. The molecular weight excluding hydrogens is 262 g/mol. The Hall–Kier alpha value is -1.90. The molecule has 0 aromatic heterocycles. The minimum atomic E-state index is -0.0637. The van der Waals surface area contributed by atoms with Gasteiger partial charge in [-0.25, -0.2) is 0 Å². The summed E-state index contributed by atoms with van der Waals surface area (Å²) in [4.78, 5) is 25.7. The number of rotatable bonds is 7. The Balaban J connectivity index is 3.09. The molecule has 1 rings (SSSR count). The first-order valence-corrected chi connectivity index (χ1v) is 7.54. The van der Waals surface area contributed by atoms with E-state index in [1.807, 2.05) is 26.0 Å². The molecule has 0 aliphatic heterocycles. The Bertz CT molecular complexity index is 524. The highest BCUT2D eigenvalue weighted by Crippen LogP contribution is 2.17. The summed E-state index contributed by atoms with van der Waals surface area (Å²) in [7, 11) is 0. The molecule has 0 heterocycles. The van der Waals surface area contributed by atoms with Crippen molar-refractivity contribution >= 4 is 12.2 Å². The van der Waals surface area contributed by atoms with E-state index < -0.39 is 0 Å². The highest BCUT2D eigenvalue weighted by Gasteiger charge is 2.18. The van der Waals surface area contributed by atoms with Gasteiger partial charge in [-0.2, -0.15) is 0 Å². The smallest absolute Gasteiger partial charge is 0.254 e. The van der Waals surface area contributed by atoms with E-state index in [9.17, 15) is 9.59 Å². The van der Waals surface area contributed by atoms with Crippen molar-refractivity contribution in [1.29, 1.82) is 0 Å². The van der Waals surface area contributed by atoms with Crippen LogP contribution in [0.15, 0.2) is 29.8 Å². The monoisotopic (exact) mass is 287 g/mol. The third-order valence-electron chi connectivity index (χ3n) is 3.56. The van der Waals surface area contributed by atoms with Crippen LogP contribution in [-0.2, 0) is 6.42 Å². The van der Waals surface area contributed by atoms with Crippen LogP contribution in [0, 0.1) is 0 Å². The van der Waals surface area contributed by atoms with Crippen LogP contribution in [-0.4, -0.2) is 30.2 Å². The molecule has 114 valence electrons.